The number of hydrogen-bond donors (Lipinski definition) is 1. The van der Waals surface area contributed by atoms with E-state index in [0.717, 1.165) is 5.56 Å². The minimum Gasteiger partial charge on any atom is -0.316 e. The number of sulfonamides is 1. The van der Waals surface area contributed by atoms with Crippen molar-refractivity contribution in [3.05, 3.63) is 28.8 Å². The normalized spacial score (nSPS) is 14.5. The van der Waals surface area contributed by atoms with Crippen molar-refractivity contribution in [2.75, 3.05) is 14.1 Å². The van der Waals surface area contributed by atoms with Crippen LogP contribution < -0.4 is 5.32 Å². The van der Waals surface area contributed by atoms with Crippen molar-refractivity contribution in [2.45, 2.75) is 45.2 Å². The van der Waals surface area contributed by atoms with E-state index in [-0.39, 0.29) is 16.4 Å². The van der Waals surface area contributed by atoms with E-state index < -0.39 is 10.0 Å². The third-order valence-electron chi connectivity index (χ3n) is 3.86. The Labute approximate surface area is 133 Å². The van der Waals surface area contributed by atoms with E-state index in [4.69, 9.17) is 11.6 Å². The van der Waals surface area contributed by atoms with E-state index in [0.29, 0.717) is 11.6 Å². The van der Waals surface area contributed by atoms with E-state index >= 15 is 0 Å². The lowest BCUT2D eigenvalue weighted by Crippen LogP contribution is -2.42. The van der Waals surface area contributed by atoms with Gasteiger partial charge in [0.25, 0.3) is 0 Å². The van der Waals surface area contributed by atoms with Crippen LogP contribution in [0.3, 0.4) is 0 Å². The number of hydrogen-bond acceptors (Lipinski definition) is 3. The zero-order chi connectivity index (χ0) is 16.4. The lowest BCUT2D eigenvalue weighted by atomic mass is 9.88. The van der Waals surface area contributed by atoms with Gasteiger partial charge in [0.05, 0.1) is 4.90 Å². The molecule has 6 heteroatoms. The van der Waals surface area contributed by atoms with Crippen LogP contribution in [0.4, 0.5) is 0 Å². The molecule has 0 aliphatic carbocycles. The predicted octanol–water partition coefficient (Wildman–Crippen LogP) is 3.11. The molecule has 1 unspecified atom stereocenters. The van der Waals surface area contributed by atoms with E-state index in [9.17, 15) is 8.42 Å². The number of rotatable bonds is 5. The van der Waals surface area contributed by atoms with Gasteiger partial charge in [-0.1, -0.05) is 32.4 Å². The summed E-state index contributed by atoms with van der Waals surface area (Å²) in [6.45, 7) is 8.52. The molecule has 0 saturated carbocycles. The molecule has 21 heavy (non-hydrogen) atoms. The Morgan fingerprint density at radius 3 is 2.38 bits per heavy atom. The first-order valence-corrected chi connectivity index (χ1v) is 8.74. The van der Waals surface area contributed by atoms with Gasteiger partial charge in [0.1, 0.15) is 0 Å². The van der Waals surface area contributed by atoms with Gasteiger partial charge in [0.2, 0.25) is 10.0 Å². The molecule has 0 bridgehead atoms. The molecule has 0 aromatic heterocycles. The summed E-state index contributed by atoms with van der Waals surface area (Å²) in [6, 6.07) is 4.71. The molecule has 0 spiro atoms. The fourth-order valence-corrected chi connectivity index (χ4v) is 3.74. The highest BCUT2D eigenvalue weighted by molar-refractivity contribution is 7.89. The molecule has 0 saturated heterocycles. The molecule has 1 N–H and O–H groups in total. The molecule has 0 aliphatic heterocycles. The van der Waals surface area contributed by atoms with Gasteiger partial charge in [-0.15, -0.1) is 0 Å². The van der Waals surface area contributed by atoms with Gasteiger partial charge in [-0.25, -0.2) is 8.42 Å². The van der Waals surface area contributed by atoms with Crippen LogP contribution >= 0.6 is 11.6 Å². The Morgan fingerprint density at radius 1 is 1.33 bits per heavy atom. The summed E-state index contributed by atoms with van der Waals surface area (Å²) in [5.41, 5.74) is 0.638. The lowest BCUT2D eigenvalue weighted by molar-refractivity contribution is 0.216. The van der Waals surface area contributed by atoms with E-state index in [1.807, 2.05) is 27.7 Å². The summed E-state index contributed by atoms with van der Waals surface area (Å²) in [4.78, 5) is 0.274. The largest absolute Gasteiger partial charge is 0.316 e. The highest BCUT2D eigenvalue weighted by Crippen LogP contribution is 2.29. The molecule has 0 amide bonds. The Kier molecular flexibility index (Phi) is 5.83. The van der Waals surface area contributed by atoms with Crippen molar-refractivity contribution in [2.24, 2.45) is 5.41 Å². The first-order chi connectivity index (χ1) is 9.51. The maximum Gasteiger partial charge on any atom is 0.243 e. The molecule has 1 aromatic rings. The van der Waals surface area contributed by atoms with Crippen LogP contribution in [-0.2, 0) is 16.6 Å². The van der Waals surface area contributed by atoms with Crippen LogP contribution in [-0.4, -0.2) is 32.9 Å². The minimum absolute atomic E-state index is 0.120. The van der Waals surface area contributed by atoms with Crippen LogP contribution in [0, 0.1) is 5.41 Å². The third-order valence-corrected chi connectivity index (χ3v) is 6.15. The van der Waals surface area contributed by atoms with Crippen LogP contribution in [0.15, 0.2) is 23.1 Å². The molecule has 0 aliphatic rings. The maximum atomic E-state index is 12.8. The van der Waals surface area contributed by atoms with Crippen molar-refractivity contribution < 1.29 is 8.42 Å². The van der Waals surface area contributed by atoms with Crippen molar-refractivity contribution in [1.82, 2.24) is 9.62 Å². The topological polar surface area (TPSA) is 49.4 Å². The molecule has 0 fully saturated rings. The van der Waals surface area contributed by atoms with Gasteiger partial charge in [-0.2, -0.15) is 4.31 Å². The van der Waals surface area contributed by atoms with E-state index in [1.54, 1.807) is 32.3 Å². The standard InChI is InChI=1S/C15H25ClN2O2S/c1-11(15(2,3)4)18(6)21(19,20)13-7-8-14(16)12(9-13)10-17-5/h7-9,11,17H,10H2,1-6H3. The summed E-state index contributed by atoms with van der Waals surface area (Å²) >= 11 is 6.09. The van der Waals surface area contributed by atoms with Gasteiger partial charge in [-0.3, -0.25) is 0 Å². The Morgan fingerprint density at radius 2 is 1.90 bits per heavy atom. The third kappa shape index (κ3) is 4.19. The molecule has 0 radical (unpaired) electrons. The highest BCUT2D eigenvalue weighted by atomic mass is 35.5. The van der Waals surface area contributed by atoms with Gasteiger partial charge in [0, 0.05) is 24.7 Å². The monoisotopic (exact) mass is 332 g/mol. The quantitative estimate of drug-likeness (QED) is 0.901. The van der Waals surface area contributed by atoms with Crippen molar-refractivity contribution in [3.8, 4) is 0 Å². The van der Waals surface area contributed by atoms with Crippen LogP contribution in [0.1, 0.15) is 33.3 Å². The Hall–Kier alpha value is -0.620. The van der Waals surface area contributed by atoms with Crippen LogP contribution in [0.5, 0.6) is 0 Å². The molecule has 1 atom stereocenters. The Balaban J connectivity index is 3.22. The Bertz CT molecular complexity index is 594. The van der Waals surface area contributed by atoms with Crippen molar-refractivity contribution in [3.63, 3.8) is 0 Å². The smallest absolute Gasteiger partial charge is 0.243 e. The molecule has 120 valence electrons. The fourth-order valence-electron chi connectivity index (χ4n) is 1.96. The minimum atomic E-state index is -3.53. The highest BCUT2D eigenvalue weighted by Gasteiger charge is 2.32. The fraction of sp³-hybridized carbons (Fsp3) is 0.600. The van der Waals surface area contributed by atoms with Gasteiger partial charge in [0.15, 0.2) is 0 Å². The van der Waals surface area contributed by atoms with Crippen LogP contribution in [0.25, 0.3) is 0 Å². The predicted molar refractivity (Wildman–Crippen MR) is 88.1 cm³/mol. The van der Waals surface area contributed by atoms with Gasteiger partial charge >= 0.3 is 0 Å². The van der Waals surface area contributed by atoms with Crippen LogP contribution in [0.2, 0.25) is 5.02 Å². The summed E-state index contributed by atoms with van der Waals surface area (Å²) in [7, 11) is -0.112. The zero-order valence-corrected chi connectivity index (χ0v) is 15.1. The lowest BCUT2D eigenvalue weighted by Gasteiger charge is -2.34. The van der Waals surface area contributed by atoms with Crippen molar-refractivity contribution in [1.29, 1.82) is 0 Å². The second-order valence-electron chi connectivity index (χ2n) is 6.35. The first-order valence-electron chi connectivity index (χ1n) is 6.93. The summed E-state index contributed by atoms with van der Waals surface area (Å²) in [5, 5.41) is 3.55. The molecular weight excluding hydrogens is 308 g/mol. The average molecular weight is 333 g/mol. The summed E-state index contributed by atoms with van der Waals surface area (Å²) in [6.07, 6.45) is 0. The van der Waals surface area contributed by atoms with Gasteiger partial charge in [-0.05, 0) is 43.1 Å². The summed E-state index contributed by atoms with van der Waals surface area (Å²) < 4.78 is 26.9. The number of nitrogens with zero attached hydrogens (tertiary/aromatic N) is 1. The molecule has 0 heterocycles. The molecular formula is C15H25ClN2O2S. The first kappa shape index (κ1) is 18.4. The molecule has 1 rings (SSSR count). The number of benzene rings is 1. The number of nitrogens with one attached hydrogen (secondary N) is 1. The number of halogens is 1. The van der Waals surface area contributed by atoms with Crippen molar-refractivity contribution >= 4 is 21.6 Å². The zero-order valence-electron chi connectivity index (χ0n) is 13.6. The molecule has 1 aromatic carbocycles. The van der Waals surface area contributed by atoms with Gasteiger partial charge < -0.3 is 5.32 Å². The summed E-state index contributed by atoms with van der Waals surface area (Å²) in [5.74, 6) is 0. The van der Waals surface area contributed by atoms with E-state index in [2.05, 4.69) is 5.32 Å². The average Bonchev–Trinajstić information content (AvgIpc) is 2.38. The second-order valence-corrected chi connectivity index (χ2v) is 8.75. The maximum absolute atomic E-state index is 12.8. The second kappa shape index (κ2) is 6.65. The van der Waals surface area contributed by atoms with E-state index in [1.165, 1.54) is 4.31 Å². The molecule has 4 nitrogen and oxygen atoms in total. The SMILES string of the molecule is CNCc1cc(S(=O)(=O)N(C)C(C)C(C)(C)C)ccc1Cl.